The Kier molecular flexibility index (Phi) is 6.51. The van der Waals surface area contributed by atoms with Gasteiger partial charge >= 0.3 is 5.97 Å². The van der Waals surface area contributed by atoms with Crippen LogP contribution in [-0.2, 0) is 9.53 Å². The van der Waals surface area contributed by atoms with Crippen LogP contribution >= 0.6 is 11.8 Å². The molecule has 0 aliphatic carbocycles. The number of carbonyl (C=O) groups excluding carboxylic acids is 1. The molecule has 0 spiro atoms. The molecule has 174 valence electrons. The molecule has 1 atom stereocenters. The molecule has 0 fully saturated rings. The van der Waals surface area contributed by atoms with E-state index in [0.717, 1.165) is 4.90 Å². The fraction of sp³-hybridized carbons (Fsp3) is 0.154. The van der Waals surface area contributed by atoms with Crippen molar-refractivity contribution < 1.29 is 29.3 Å². The Morgan fingerprint density at radius 2 is 1.68 bits per heavy atom. The second kappa shape index (κ2) is 9.52. The van der Waals surface area contributed by atoms with Crippen molar-refractivity contribution in [3.05, 3.63) is 82.0 Å². The molecule has 7 nitrogen and oxygen atoms in total. The molecule has 0 saturated heterocycles. The molecule has 8 heteroatoms. The number of methoxy groups -OCH3 is 1. The zero-order valence-electron chi connectivity index (χ0n) is 18.4. The van der Waals surface area contributed by atoms with Gasteiger partial charge in [0.1, 0.15) is 16.7 Å². The minimum atomic E-state index is -0.863. The van der Waals surface area contributed by atoms with Crippen molar-refractivity contribution in [1.82, 2.24) is 0 Å². The summed E-state index contributed by atoms with van der Waals surface area (Å²) in [6, 6.07) is 17.4. The smallest absolute Gasteiger partial charge is 0.306 e. The number of hydrogen-bond donors (Lipinski definition) is 3. The van der Waals surface area contributed by atoms with Crippen molar-refractivity contribution in [1.29, 1.82) is 0 Å². The van der Waals surface area contributed by atoms with Gasteiger partial charge in [0, 0.05) is 28.0 Å². The number of rotatable bonds is 6. The first kappa shape index (κ1) is 23.3. The number of fused-ring (bicyclic) bond motifs is 1. The second-order valence-electron chi connectivity index (χ2n) is 7.61. The monoisotopic (exact) mass is 478 g/mol. The summed E-state index contributed by atoms with van der Waals surface area (Å²) in [5, 5.41) is 31.6. The maximum Gasteiger partial charge on any atom is 0.306 e. The molecule has 0 saturated carbocycles. The average molecular weight is 479 g/mol. The molecule has 0 amide bonds. The van der Waals surface area contributed by atoms with Crippen molar-refractivity contribution in [3.63, 3.8) is 0 Å². The van der Waals surface area contributed by atoms with Crippen molar-refractivity contribution in [3.8, 4) is 28.6 Å². The molecular weight excluding hydrogens is 456 g/mol. The number of carbonyl (C=O) groups is 1. The number of hydrogen-bond acceptors (Lipinski definition) is 8. The van der Waals surface area contributed by atoms with Gasteiger partial charge in [-0.05, 0) is 24.0 Å². The van der Waals surface area contributed by atoms with Crippen molar-refractivity contribution >= 4 is 28.7 Å². The highest BCUT2D eigenvalue weighted by molar-refractivity contribution is 7.98. The van der Waals surface area contributed by atoms with Gasteiger partial charge in [-0.25, -0.2) is 0 Å². The van der Waals surface area contributed by atoms with E-state index in [1.165, 1.54) is 13.2 Å². The van der Waals surface area contributed by atoms with Gasteiger partial charge in [-0.2, -0.15) is 0 Å². The summed E-state index contributed by atoms with van der Waals surface area (Å²) in [5.74, 6) is -3.54. The van der Waals surface area contributed by atoms with Crippen molar-refractivity contribution in [2.45, 2.75) is 17.2 Å². The fourth-order valence-electron chi connectivity index (χ4n) is 3.91. The second-order valence-corrected chi connectivity index (χ2v) is 8.49. The summed E-state index contributed by atoms with van der Waals surface area (Å²) in [6.45, 7) is 0. The first-order valence-corrected chi connectivity index (χ1v) is 11.6. The molecule has 4 aromatic rings. The Hall–Kier alpha value is -3.91. The molecule has 3 N–H and O–H groups in total. The van der Waals surface area contributed by atoms with E-state index in [9.17, 15) is 24.9 Å². The summed E-state index contributed by atoms with van der Waals surface area (Å²) in [6.07, 6.45) is 1.72. The Labute approximate surface area is 199 Å². The lowest BCUT2D eigenvalue weighted by molar-refractivity contribution is -0.140. The van der Waals surface area contributed by atoms with Crippen LogP contribution in [0.15, 0.2) is 74.8 Å². The zero-order valence-corrected chi connectivity index (χ0v) is 19.3. The number of ether oxygens (including phenoxy) is 1. The molecule has 3 aromatic carbocycles. The van der Waals surface area contributed by atoms with E-state index in [1.54, 1.807) is 48.2 Å². The third-order valence-electron chi connectivity index (χ3n) is 5.66. The van der Waals surface area contributed by atoms with Gasteiger partial charge in [0.15, 0.2) is 16.9 Å². The number of phenolic OH excluding ortho intramolecular Hbond substituents is 3. The van der Waals surface area contributed by atoms with E-state index in [2.05, 4.69) is 0 Å². The van der Waals surface area contributed by atoms with E-state index >= 15 is 0 Å². The lowest BCUT2D eigenvalue weighted by Gasteiger charge is -2.21. The first-order chi connectivity index (χ1) is 16.3. The number of benzene rings is 3. The maximum absolute atomic E-state index is 13.0. The van der Waals surface area contributed by atoms with Gasteiger partial charge in [0.2, 0.25) is 5.75 Å². The number of esters is 1. The third-order valence-corrected chi connectivity index (χ3v) is 6.40. The summed E-state index contributed by atoms with van der Waals surface area (Å²) < 4.78 is 10.9. The minimum Gasteiger partial charge on any atom is -0.504 e. The Morgan fingerprint density at radius 1 is 1.00 bits per heavy atom. The van der Waals surface area contributed by atoms with Crippen LogP contribution in [0.3, 0.4) is 0 Å². The quantitative estimate of drug-likeness (QED) is 0.201. The summed E-state index contributed by atoms with van der Waals surface area (Å²) in [4.78, 5) is 26.3. The highest BCUT2D eigenvalue weighted by atomic mass is 32.2. The molecule has 0 radical (unpaired) electrons. The highest BCUT2D eigenvalue weighted by Gasteiger charge is 2.31. The van der Waals surface area contributed by atoms with Crippen LogP contribution in [0.1, 0.15) is 23.5 Å². The Balaban J connectivity index is 2.06. The van der Waals surface area contributed by atoms with E-state index in [1.807, 2.05) is 24.5 Å². The number of aromatic hydroxyl groups is 3. The molecule has 0 bridgehead atoms. The number of thioether (sulfide) groups is 1. The lowest BCUT2D eigenvalue weighted by Crippen LogP contribution is -2.12. The van der Waals surface area contributed by atoms with E-state index < -0.39 is 34.6 Å². The van der Waals surface area contributed by atoms with Crippen LogP contribution in [0.4, 0.5) is 0 Å². The number of phenols is 3. The molecule has 4 rings (SSSR count). The van der Waals surface area contributed by atoms with Crippen molar-refractivity contribution in [2.75, 3.05) is 13.4 Å². The molecule has 0 aliphatic rings. The lowest BCUT2D eigenvalue weighted by atomic mass is 9.86. The van der Waals surface area contributed by atoms with Crippen LogP contribution < -0.4 is 5.43 Å². The summed E-state index contributed by atoms with van der Waals surface area (Å²) >= 11 is 1.54. The molecular formula is C26H22O7S. The molecule has 0 aliphatic heterocycles. The molecule has 1 aromatic heterocycles. The van der Waals surface area contributed by atoms with Crippen LogP contribution in [0.25, 0.3) is 22.3 Å². The largest absolute Gasteiger partial charge is 0.504 e. The highest BCUT2D eigenvalue weighted by Crippen LogP contribution is 2.49. The summed E-state index contributed by atoms with van der Waals surface area (Å²) in [7, 11) is 1.25. The maximum atomic E-state index is 13.0. The minimum absolute atomic E-state index is 0.00230. The van der Waals surface area contributed by atoms with E-state index in [-0.39, 0.29) is 28.7 Å². The fourth-order valence-corrected chi connectivity index (χ4v) is 4.32. The molecule has 1 heterocycles. The zero-order chi connectivity index (χ0) is 24.4. The topological polar surface area (TPSA) is 117 Å². The van der Waals surface area contributed by atoms with Crippen LogP contribution in [0.2, 0.25) is 0 Å². The van der Waals surface area contributed by atoms with Gasteiger partial charge in [-0.3, -0.25) is 9.59 Å². The van der Waals surface area contributed by atoms with E-state index in [0.29, 0.717) is 11.1 Å². The normalized spacial score (nSPS) is 11.9. The van der Waals surface area contributed by atoms with Gasteiger partial charge in [-0.15, -0.1) is 11.8 Å². The van der Waals surface area contributed by atoms with Gasteiger partial charge in [0.05, 0.1) is 13.5 Å². The average Bonchev–Trinajstić information content (AvgIpc) is 2.86. The van der Waals surface area contributed by atoms with Crippen LogP contribution in [0.5, 0.6) is 17.2 Å². The van der Waals surface area contributed by atoms with Crippen LogP contribution in [0, 0.1) is 0 Å². The molecule has 34 heavy (non-hydrogen) atoms. The molecule has 0 unspecified atom stereocenters. The SMILES string of the molecule is COC(=O)C[C@H](c1ccc(SC)cc1)c1c(O)c(O)c(O)c2c(=O)cc(-c3ccccc3)oc12. The van der Waals surface area contributed by atoms with E-state index in [4.69, 9.17) is 9.15 Å². The predicted octanol–water partition coefficient (Wildman–Crippen LogP) is 4.99. The van der Waals surface area contributed by atoms with Crippen LogP contribution in [-0.4, -0.2) is 34.7 Å². The summed E-state index contributed by atoms with van der Waals surface area (Å²) in [5.41, 5.74) is 0.499. The van der Waals surface area contributed by atoms with Gasteiger partial charge < -0.3 is 24.5 Å². The van der Waals surface area contributed by atoms with Crippen molar-refractivity contribution in [2.24, 2.45) is 0 Å². The van der Waals surface area contributed by atoms with Gasteiger partial charge in [-0.1, -0.05) is 42.5 Å². The van der Waals surface area contributed by atoms with Gasteiger partial charge in [0.25, 0.3) is 0 Å². The standard InChI is InChI=1S/C26H22O7S/c1-32-20(28)12-17(14-8-10-16(34-2)11-9-14)21-23(29)25(31)24(30)22-18(27)13-19(33-26(21)22)15-6-4-3-5-7-15/h3-11,13,17,29-31H,12H2,1-2H3/t17-/m1/s1. The Morgan fingerprint density at radius 3 is 2.29 bits per heavy atom. The predicted molar refractivity (Wildman–Crippen MR) is 130 cm³/mol. The third kappa shape index (κ3) is 4.20. The first-order valence-electron chi connectivity index (χ1n) is 10.4. The Bertz CT molecular complexity index is 1410.